The number of hydrogen-bond donors (Lipinski definition) is 1. The number of carbonyl (C=O) groups excluding carboxylic acids is 1. The molecule has 0 amide bonds. The van der Waals surface area contributed by atoms with Crippen molar-refractivity contribution >= 4 is 5.97 Å². The lowest BCUT2D eigenvalue weighted by Crippen LogP contribution is -2.47. The van der Waals surface area contributed by atoms with Crippen LogP contribution in [-0.2, 0) is 9.53 Å². The van der Waals surface area contributed by atoms with Crippen LogP contribution in [0.4, 0.5) is 13.2 Å². The van der Waals surface area contributed by atoms with Crippen LogP contribution in [0.2, 0.25) is 0 Å². The van der Waals surface area contributed by atoms with Crippen LogP contribution < -0.4 is 5.73 Å². The highest BCUT2D eigenvalue weighted by Gasteiger charge is 2.44. The van der Waals surface area contributed by atoms with Gasteiger partial charge in [-0.25, -0.2) is 0 Å². The van der Waals surface area contributed by atoms with Gasteiger partial charge in [-0.3, -0.25) is 4.79 Å². The number of nitrogens with two attached hydrogens (primary N) is 1. The van der Waals surface area contributed by atoms with E-state index in [2.05, 4.69) is 4.74 Å². The number of carbonyl (C=O) groups is 1. The predicted octanol–water partition coefficient (Wildman–Crippen LogP) is 1.86. The van der Waals surface area contributed by atoms with Gasteiger partial charge in [-0.05, 0) is 6.42 Å². The predicted molar refractivity (Wildman–Crippen MR) is 49.1 cm³/mol. The van der Waals surface area contributed by atoms with Crippen molar-refractivity contribution in [2.75, 3.05) is 7.11 Å². The van der Waals surface area contributed by atoms with E-state index in [9.17, 15) is 18.0 Å². The van der Waals surface area contributed by atoms with Gasteiger partial charge in [0.1, 0.15) is 6.04 Å². The molecule has 3 nitrogen and oxygen atoms in total. The van der Waals surface area contributed by atoms with Crippen LogP contribution in [0.25, 0.3) is 0 Å². The topological polar surface area (TPSA) is 52.3 Å². The first kappa shape index (κ1) is 14.2. The van der Waals surface area contributed by atoms with Crippen molar-refractivity contribution in [2.45, 2.75) is 38.4 Å². The number of hydrogen-bond acceptors (Lipinski definition) is 3. The van der Waals surface area contributed by atoms with E-state index in [4.69, 9.17) is 5.73 Å². The zero-order valence-electron chi connectivity index (χ0n) is 8.80. The van der Waals surface area contributed by atoms with Gasteiger partial charge in [0.2, 0.25) is 0 Å². The molecule has 0 saturated carbocycles. The van der Waals surface area contributed by atoms with Gasteiger partial charge < -0.3 is 10.5 Å². The molecule has 2 atom stereocenters. The lowest BCUT2D eigenvalue weighted by molar-refractivity contribution is -0.175. The summed E-state index contributed by atoms with van der Waals surface area (Å²) in [7, 11) is 1.06. The number of rotatable bonds is 5. The normalized spacial score (nSPS) is 15.9. The highest BCUT2D eigenvalue weighted by Crippen LogP contribution is 2.27. The van der Waals surface area contributed by atoms with E-state index in [1.165, 1.54) is 0 Å². The van der Waals surface area contributed by atoms with E-state index >= 15 is 0 Å². The molecule has 0 aliphatic rings. The molecule has 0 aromatic heterocycles. The monoisotopic (exact) mass is 227 g/mol. The van der Waals surface area contributed by atoms with Gasteiger partial charge >= 0.3 is 12.1 Å². The summed E-state index contributed by atoms with van der Waals surface area (Å²) in [5, 5.41) is 0. The first-order valence-electron chi connectivity index (χ1n) is 4.74. The summed E-state index contributed by atoms with van der Waals surface area (Å²) in [6.07, 6.45) is -3.24. The summed E-state index contributed by atoms with van der Waals surface area (Å²) in [5.74, 6) is -2.19. The van der Waals surface area contributed by atoms with Gasteiger partial charge in [0.25, 0.3) is 0 Å². The van der Waals surface area contributed by atoms with Gasteiger partial charge in [-0.1, -0.05) is 19.8 Å². The van der Waals surface area contributed by atoms with E-state index < -0.39 is 24.1 Å². The van der Waals surface area contributed by atoms with E-state index in [1.54, 1.807) is 0 Å². The molecule has 90 valence electrons. The van der Waals surface area contributed by atoms with E-state index in [-0.39, 0.29) is 6.42 Å². The molecule has 0 radical (unpaired) electrons. The third-order valence-electron chi connectivity index (χ3n) is 2.18. The van der Waals surface area contributed by atoms with E-state index in [1.807, 2.05) is 6.92 Å². The van der Waals surface area contributed by atoms with Crippen molar-refractivity contribution in [3.63, 3.8) is 0 Å². The summed E-state index contributed by atoms with van der Waals surface area (Å²) in [4.78, 5) is 11.1. The number of ether oxygens (including phenoxy) is 1. The summed E-state index contributed by atoms with van der Waals surface area (Å²) < 4.78 is 41.2. The Morgan fingerprint density at radius 3 is 2.33 bits per heavy atom. The Morgan fingerprint density at radius 2 is 2.00 bits per heavy atom. The van der Waals surface area contributed by atoms with Gasteiger partial charge in [-0.15, -0.1) is 0 Å². The molecule has 6 heteroatoms. The molecule has 0 aromatic rings. The Bertz CT molecular complexity index is 206. The van der Waals surface area contributed by atoms with Crippen LogP contribution in [0.5, 0.6) is 0 Å². The van der Waals surface area contributed by atoms with Crippen LogP contribution in [0.15, 0.2) is 0 Å². The lowest BCUT2D eigenvalue weighted by atomic mass is 9.94. The maximum Gasteiger partial charge on any atom is 0.404 e. The van der Waals surface area contributed by atoms with E-state index in [0.717, 1.165) is 7.11 Å². The third kappa shape index (κ3) is 4.51. The van der Waals surface area contributed by atoms with Gasteiger partial charge in [0, 0.05) is 0 Å². The molecule has 0 aromatic carbocycles. The minimum atomic E-state index is -4.56. The standard InChI is InChI=1S/C9H16F3NO2/c1-3-4-5-6(8(14)15-2)7(13)9(10,11)12/h6-7H,3-5,13H2,1-2H3/t6-,7-/m1/s1. The largest absolute Gasteiger partial charge is 0.469 e. The molecule has 0 heterocycles. The Balaban J connectivity index is 4.55. The molecular formula is C9H16F3NO2. The summed E-state index contributed by atoms with van der Waals surface area (Å²) >= 11 is 0. The lowest BCUT2D eigenvalue weighted by Gasteiger charge is -2.23. The fourth-order valence-electron chi connectivity index (χ4n) is 1.25. The average Bonchev–Trinajstić information content (AvgIpc) is 2.16. The molecule has 0 bridgehead atoms. The number of halogens is 3. The zero-order valence-corrected chi connectivity index (χ0v) is 8.80. The maximum absolute atomic E-state index is 12.3. The molecule has 0 rings (SSSR count). The number of esters is 1. The Kier molecular flexibility index (Phi) is 5.64. The molecule has 0 spiro atoms. The number of unbranched alkanes of at least 4 members (excludes halogenated alkanes) is 1. The molecule has 0 aliphatic carbocycles. The molecular weight excluding hydrogens is 211 g/mol. The van der Waals surface area contributed by atoms with Gasteiger partial charge in [-0.2, -0.15) is 13.2 Å². The Labute approximate surface area is 86.8 Å². The summed E-state index contributed by atoms with van der Waals surface area (Å²) in [6, 6.07) is -2.14. The Hall–Kier alpha value is -0.780. The van der Waals surface area contributed by atoms with Crippen LogP contribution in [0, 0.1) is 5.92 Å². The highest BCUT2D eigenvalue weighted by atomic mass is 19.4. The molecule has 0 unspecified atom stereocenters. The van der Waals surface area contributed by atoms with E-state index in [0.29, 0.717) is 12.8 Å². The zero-order chi connectivity index (χ0) is 12.1. The first-order chi connectivity index (χ1) is 6.84. The second-order valence-electron chi connectivity index (χ2n) is 3.34. The molecule has 0 saturated heterocycles. The molecule has 0 aliphatic heterocycles. The quantitative estimate of drug-likeness (QED) is 0.729. The van der Waals surface area contributed by atoms with Crippen LogP contribution in [0.1, 0.15) is 26.2 Å². The summed E-state index contributed by atoms with van der Waals surface area (Å²) in [6.45, 7) is 1.83. The second-order valence-corrected chi connectivity index (χ2v) is 3.34. The van der Waals surface area contributed by atoms with Crippen molar-refractivity contribution in [1.29, 1.82) is 0 Å². The van der Waals surface area contributed by atoms with Crippen LogP contribution in [-0.4, -0.2) is 25.3 Å². The van der Waals surface area contributed by atoms with Crippen molar-refractivity contribution in [1.82, 2.24) is 0 Å². The second kappa shape index (κ2) is 5.95. The minimum absolute atomic E-state index is 0.101. The fraction of sp³-hybridized carbons (Fsp3) is 0.889. The summed E-state index contributed by atoms with van der Waals surface area (Å²) in [5.41, 5.74) is 4.99. The number of alkyl halides is 3. The molecule has 15 heavy (non-hydrogen) atoms. The molecule has 0 fully saturated rings. The Morgan fingerprint density at radius 1 is 1.47 bits per heavy atom. The van der Waals surface area contributed by atoms with Crippen LogP contribution >= 0.6 is 0 Å². The van der Waals surface area contributed by atoms with Crippen molar-refractivity contribution in [3.8, 4) is 0 Å². The number of methoxy groups -OCH3 is 1. The van der Waals surface area contributed by atoms with Crippen molar-refractivity contribution in [2.24, 2.45) is 11.7 Å². The van der Waals surface area contributed by atoms with Crippen LogP contribution in [0.3, 0.4) is 0 Å². The fourth-order valence-corrected chi connectivity index (χ4v) is 1.25. The maximum atomic E-state index is 12.3. The van der Waals surface area contributed by atoms with Gasteiger partial charge in [0.05, 0.1) is 13.0 Å². The first-order valence-corrected chi connectivity index (χ1v) is 4.74. The molecule has 2 N–H and O–H groups in total. The van der Waals surface area contributed by atoms with Crippen molar-refractivity contribution < 1.29 is 22.7 Å². The highest BCUT2D eigenvalue weighted by molar-refractivity contribution is 5.73. The SMILES string of the molecule is CCCC[C@@H](C(=O)OC)[C@@H](N)C(F)(F)F. The van der Waals surface area contributed by atoms with Crippen molar-refractivity contribution in [3.05, 3.63) is 0 Å². The average molecular weight is 227 g/mol. The smallest absolute Gasteiger partial charge is 0.404 e. The minimum Gasteiger partial charge on any atom is -0.469 e. The van der Waals surface area contributed by atoms with Gasteiger partial charge in [0.15, 0.2) is 0 Å². The third-order valence-corrected chi connectivity index (χ3v) is 2.18.